The first-order valence-electron chi connectivity index (χ1n) is 5.03. The van der Waals surface area contributed by atoms with Crippen LogP contribution in [0.3, 0.4) is 0 Å². The van der Waals surface area contributed by atoms with Crippen molar-refractivity contribution in [2.75, 3.05) is 0 Å². The van der Waals surface area contributed by atoms with Crippen molar-refractivity contribution in [3.63, 3.8) is 0 Å². The van der Waals surface area contributed by atoms with Crippen molar-refractivity contribution in [2.45, 2.75) is 39.5 Å². The molecule has 0 spiro atoms. The van der Waals surface area contributed by atoms with Crippen LogP contribution in [-0.4, -0.2) is 9.98 Å². The third-order valence-electron chi connectivity index (χ3n) is 2.50. The van der Waals surface area contributed by atoms with Crippen molar-refractivity contribution in [3.05, 3.63) is 0 Å². The molecule has 0 fully saturated rings. The van der Waals surface area contributed by atoms with E-state index in [4.69, 9.17) is 35.9 Å². The average Bonchev–Trinajstić information content (AvgIpc) is 2.11. The summed E-state index contributed by atoms with van der Waals surface area (Å²) in [7, 11) is 0. The lowest BCUT2D eigenvalue weighted by molar-refractivity contribution is 0.551. The Morgan fingerprint density at radius 1 is 0.929 bits per heavy atom. The van der Waals surface area contributed by atoms with Crippen LogP contribution in [0.25, 0.3) is 0 Å². The minimum Gasteiger partial charge on any atom is -0.393 e. The van der Waals surface area contributed by atoms with Crippen LogP contribution < -0.4 is 11.5 Å². The Labute approximate surface area is 97.4 Å². The van der Waals surface area contributed by atoms with E-state index in [-0.39, 0.29) is 0 Å². The van der Waals surface area contributed by atoms with Crippen molar-refractivity contribution < 1.29 is 0 Å². The highest BCUT2D eigenvalue weighted by Gasteiger charge is 2.07. The molecule has 0 heterocycles. The molecule has 4 N–H and O–H groups in total. The van der Waals surface area contributed by atoms with Crippen LogP contribution in [-0.2, 0) is 0 Å². The summed E-state index contributed by atoms with van der Waals surface area (Å²) in [6, 6.07) is 0. The van der Waals surface area contributed by atoms with Gasteiger partial charge in [0.05, 0.1) is 9.98 Å². The van der Waals surface area contributed by atoms with Crippen LogP contribution in [0.2, 0.25) is 0 Å². The van der Waals surface area contributed by atoms with E-state index in [1.807, 2.05) is 0 Å². The molecule has 82 valence electrons. The molecule has 0 aromatic carbocycles. The van der Waals surface area contributed by atoms with E-state index in [1.165, 1.54) is 0 Å². The lowest BCUT2D eigenvalue weighted by Gasteiger charge is -2.11. The van der Waals surface area contributed by atoms with Gasteiger partial charge >= 0.3 is 0 Å². The summed E-state index contributed by atoms with van der Waals surface area (Å²) in [5, 5.41) is 0. The Bertz CT molecular complexity index is 182. The van der Waals surface area contributed by atoms with Crippen LogP contribution in [0.15, 0.2) is 0 Å². The molecule has 0 saturated carbocycles. The van der Waals surface area contributed by atoms with Crippen LogP contribution in [0.5, 0.6) is 0 Å². The fourth-order valence-corrected chi connectivity index (χ4v) is 1.42. The predicted octanol–water partition coefficient (Wildman–Crippen LogP) is 2.39. The number of rotatable bonds is 7. The van der Waals surface area contributed by atoms with E-state index < -0.39 is 0 Å². The van der Waals surface area contributed by atoms with Gasteiger partial charge in [-0.2, -0.15) is 0 Å². The molecule has 2 unspecified atom stereocenters. The van der Waals surface area contributed by atoms with Crippen LogP contribution >= 0.6 is 24.4 Å². The smallest absolute Gasteiger partial charge is 0.0755 e. The first kappa shape index (κ1) is 13.8. The van der Waals surface area contributed by atoms with Gasteiger partial charge in [-0.25, -0.2) is 0 Å². The van der Waals surface area contributed by atoms with Crippen molar-refractivity contribution in [1.29, 1.82) is 0 Å². The zero-order chi connectivity index (χ0) is 11.1. The molecule has 0 aliphatic heterocycles. The van der Waals surface area contributed by atoms with Gasteiger partial charge in [-0.1, -0.05) is 51.1 Å². The Kier molecular flexibility index (Phi) is 7.01. The third-order valence-corrected chi connectivity index (χ3v) is 3.30. The molecule has 0 radical (unpaired) electrons. The summed E-state index contributed by atoms with van der Waals surface area (Å²) < 4.78 is 0. The Hall–Kier alpha value is -0.220. The largest absolute Gasteiger partial charge is 0.393 e. The summed E-state index contributed by atoms with van der Waals surface area (Å²) in [5.41, 5.74) is 11.0. The molecule has 0 amide bonds. The van der Waals surface area contributed by atoms with E-state index in [0.29, 0.717) is 21.8 Å². The molecular weight excluding hydrogens is 212 g/mol. The second kappa shape index (κ2) is 7.12. The zero-order valence-electron chi connectivity index (χ0n) is 8.95. The van der Waals surface area contributed by atoms with Crippen molar-refractivity contribution >= 4 is 34.4 Å². The average molecular weight is 232 g/mol. The molecule has 0 aliphatic rings. The van der Waals surface area contributed by atoms with Gasteiger partial charge in [0.25, 0.3) is 0 Å². The highest BCUT2D eigenvalue weighted by molar-refractivity contribution is 7.80. The van der Waals surface area contributed by atoms with E-state index in [1.54, 1.807) is 0 Å². The summed E-state index contributed by atoms with van der Waals surface area (Å²) in [6.45, 7) is 4.14. The molecule has 0 bridgehead atoms. The maximum absolute atomic E-state index is 5.52. The summed E-state index contributed by atoms with van der Waals surface area (Å²) in [4.78, 5) is 1.24. The minimum absolute atomic E-state index is 0.352. The molecule has 4 heteroatoms. The number of hydrogen-bond donors (Lipinski definition) is 2. The summed E-state index contributed by atoms with van der Waals surface area (Å²) in [5.74, 6) is 0.704. The zero-order valence-corrected chi connectivity index (χ0v) is 10.6. The highest BCUT2D eigenvalue weighted by Crippen LogP contribution is 2.13. The Morgan fingerprint density at radius 3 is 1.43 bits per heavy atom. The van der Waals surface area contributed by atoms with E-state index in [0.717, 1.165) is 25.7 Å². The van der Waals surface area contributed by atoms with E-state index in [2.05, 4.69) is 13.8 Å². The second-order valence-electron chi connectivity index (χ2n) is 3.89. The first-order valence-corrected chi connectivity index (χ1v) is 5.85. The van der Waals surface area contributed by atoms with Gasteiger partial charge in [-0.15, -0.1) is 0 Å². The topological polar surface area (TPSA) is 52.0 Å². The molecular formula is C10H20N2S2. The summed E-state index contributed by atoms with van der Waals surface area (Å²) >= 11 is 9.80. The molecule has 2 atom stereocenters. The van der Waals surface area contributed by atoms with Crippen molar-refractivity contribution in [3.8, 4) is 0 Å². The molecule has 14 heavy (non-hydrogen) atoms. The number of unbranched alkanes of at least 4 members (excludes halogenated alkanes) is 1. The van der Waals surface area contributed by atoms with Gasteiger partial charge in [0.2, 0.25) is 0 Å². The SMILES string of the molecule is CC(CCCCC(C)C(N)=S)C(N)=S. The lowest BCUT2D eigenvalue weighted by Crippen LogP contribution is -2.19. The van der Waals surface area contributed by atoms with E-state index in [9.17, 15) is 0 Å². The standard InChI is InChI=1S/C10H20N2S2/c1-7(9(11)13)5-3-4-6-8(2)10(12)14/h7-8H,3-6H2,1-2H3,(H2,11,13)(H2,12,14). The Balaban J connectivity index is 3.47. The van der Waals surface area contributed by atoms with Crippen molar-refractivity contribution in [1.82, 2.24) is 0 Å². The van der Waals surface area contributed by atoms with Gasteiger partial charge in [0.1, 0.15) is 0 Å². The van der Waals surface area contributed by atoms with Gasteiger partial charge < -0.3 is 11.5 Å². The highest BCUT2D eigenvalue weighted by atomic mass is 32.1. The minimum atomic E-state index is 0.352. The van der Waals surface area contributed by atoms with Gasteiger partial charge in [-0.05, 0) is 12.8 Å². The van der Waals surface area contributed by atoms with Gasteiger partial charge in [-0.3, -0.25) is 0 Å². The van der Waals surface area contributed by atoms with Gasteiger partial charge in [0.15, 0.2) is 0 Å². The fourth-order valence-electron chi connectivity index (χ4n) is 1.19. The maximum Gasteiger partial charge on any atom is 0.0755 e. The number of nitrogens with two attached hydrogens (primary N) is 2. The maximum atomic E-state index is 5.52. The molecule has 0 aliphatic carbocycles. The summed E-state index contributed by atoms with van der Waals surface area (Å²) in [6.07, 6.45) is 4.43. The first-order chi connectivity index (χ1) is 6.45. The predicted molar refractivity (Wildman–Crippen MR) is 70.4 cm³/mol. The van der Waals surface area contributed by atoms with E-state index >= 15 is 0 Å². The molecule has 0 aromatic heterocycles. The number of hydrogen-bond acceptors (Lipinski definition) is 2. The fraction of sp³-hybridized carbons (Fsp3) is 0.800. The molecule has 0 saturated heterocycles. The molecule has 0 aromatic rings. The second-order valence-corrected chi connectivity index (χ2v) is 4.83. The van der Waals surface area contributed by atoms with Crippen LogP contribution in [0.4, 0.5) is 0 Å². The molecule has 0 rings (SSSR count). The van der Waals surface area contributed by atoms with Crippen molar-refractivity contribution in [2.24, 2.45) is 23.3 Å². The van der Waals surface area contributed by atoms with Crippen LogP contribution in [0.1, 0.15) is 39.5 Å². The normalized spacial score (nSPS) is 14.7. The third kappa shape index (κ3) is 6.27. The monoisotopic (exact) mass is 232 g/mol. The quantitative estimate of drug-likeness (QED) is 0.523. The molecule has 2 nitrogen and oxygen atoms in total. The van der Waals surface area contributed by atoms with Crippen LogP contribution in [0, 0.1) is 11.8 Å². The number of thiocarbonyl (C=S) groups is 2. The van der Waals surface area contributed by atoms with Gasteiger partial charge in [0, 0.05) is 11.8 Å². The Morgan fingerprint density at radius 2 is 1.21 bits per heavy atom. The lowest BCUT2D eigenvalue weighted by atomic mass is 9.99.